The number of methoxy groups -OCH3 is 1. The molecule has 1 aromatic rings. The van der Waals surface area contributed by atoms with E-state index in [1.54, 1.807) is 30.3 Å². The Labute approximate surface area is 98.6 Å². The highest BCUT2D eigenvalue weighted by Gasteiger charge is 2.39. The lowest BCUT2D eigenvalue weighted by Crippen LogP contribution is -2.43. The van der Waals surface area contributed by atoms with Crippen LogP contribution in [-0.4, -0.2) is 34.9 Å². The maximum absolute atomic E-state index is 11.1. The number of carbonyl (C=O) groups excluding carboxylic acids is 1. The van der Waals surface area contributed by atoms with Gasteiger partial charge < -0.3 is 14.9 Å². The van der Waals surface area contributed by atoms with Gasteiger partial charge >= 0.3 is 11.9 Å². The van der Waals surface area contributed by atoms with Gasteiger partial charge in [-0.3, -0.25) is 4.79 Å². The zero-order chi connectivity index (χ0) is 12.9. The van der Waals surface area contributed by atoms with E-state index in [9.17, 15) is 14.7 Å². The van der Waals surface area contributed by atoms with Crippen LogP contribution in [0.2, 0.25) is 0 Å². The molecule has 1 atom stereocenters. The van der Waals surface area contributed by atoms with Crippen LogP contribution in [0.3, 0.4) is 0 Å². The number of hydrogen-bond acceptors (Lipinski definition) is 4. The molecule has 0 aliphatic rings. The van der Waals surface area contributed by atoms with Crippen molar-refractivity contribution < 1.29 is 24.5 Å². The average molecular weight is 238 g/mol. The molecule has 2 N–H and O–H groups in total. The molecule has 0 heterocycles. The Morgan fingerprint density at radius 1 is 1.29 bits per heavy atom. The molecule has 0 aliphatic carbocycles. The number of esters is 1. The number of benzene rings is 1. The van der Waals surface area contributed by atoms with E-state index in [2.05, 4.69) is 4.74 Å². The molecule has 5 nitrogen and oxygen atoms in total. The van der Waals surface area contributed by atoms with Gasteiger partial charge in [0.25, 0.3) is 0 Å². The van der Waals surface area contributed by atoms with E-state index in [-0.39, 0.29) is 6.42 Å². The third-order valence-electron chi connectivity index (χ3n) is 2.40. The lowest BCUT2D eigenvalue weighted by atomic mass is 9.91. The Morgan fingerprint density at radius 3 is 2.35 bits per heavy atom. The molecular weight excluding hydrogens is 224 g/mol. The molecule has 0 radical (unpaired) electrons. The lowest BCUT2D eigenvalue weighted by molar-refractivity contribution is -0.166. The van der Waals surface area contributed by atoms with Gasteiger partial charge in [0.05, 0.1) is 13.5 Å². The summed E-state index contributed by atoms with van der Waals surface area (Å²) in [5, 5.41) is 18.9. The number of carbonyl (C=O) groups is 2. The first-order chi connectivity index (χ1) is 7.98. The van der Waals surface area contributed by atoms with Crippen molar-refractivity contribution in [1.82, 2.24) is 0 Å². The monoisotopic (exact) mass is 238 g/mol. The Balaban J connectivity index is 2.86. The Kier molecular flexibility index (Phi) is 4.23. The summed E-state index contributed by atoms with van der Waals surface area (Å²) in [5.74, 6) is -2.20. The van der Waals surface area contributed by atoms with Gasteiger partial charge in [-0.2, -0.15) is 0 Å². The predicted octanol–water partition coefficient (Wildman–Crippen LogP) is 0.608. The Bertz CT molecular complexity index is 401. The predicted molar refractivity (Wildman–Crippen MR) is 59.4 cm³/mol. The normalized spacial score (nSPS) is 13.8. The molecule has 0 aromatic heterocycles. The van der Waals surface area contributed by atoms with E-state index in [0.717, 1.165) is 7.11 Å². The first-order valence-electron chi connectivity index (χ1n) is 5.04. The number of carboxylic acid groups (broad SMARTS) is 1. The second-order valence-electron chi connectivity index (χ2n) is 3.75. The molecule has 0 amide bonds. The van der Waals surface area contributed by atoms with E-state index in [1.165, 1.54) is 0 Å². The SMILES string of the molecule is COC(=O)C[C@](O)(Cc1ccccc1)C(=O)O. The lowest BCUT2D eigenvalue weighted by Gasteiger charge is -2.22. The van der Waals surface area contributed by atoms with Crippen molar-refractivity contribution in [3.8, 4) is 0 Å². The molecule has 0 aliphatic heterocycles. The minimum absolute atomic E-state index is 0.141. The van der Waals surface area contributed by atoms with Gasteiger partial charge in [-0.1, -0.05) is 30.3 Å². The highest BCUT2D eigenvalue weighted by atomic mass is 16.5. The molecule has 0 unspecified atom stereocenters. The van der Waals surface area contributed by atoms with Gasteiger partial charge in [-0.15, -0.1) is 0 Å². The first-order valence-corrected chi connectivity index (χ1v) is 5.04. The van der Waals surface area contributed by atoms with Crippen molar-refractivity contribution >= 4 is 11.9 Å². The van der Waals surface area contributed by atoms with E-state index < -0.39 is 24.0 Å². The topological polar surface area (TPSA) is 83.8 Å². The summed E-state index contributed by atoms with van der Waals surface area (Å²) >= 11 is 0. The highest BCUT2D eigenvalue weighted by molar-refractivity contribution is 5.84. The van der Waals surface area contributed by atoms with Gasteiger partial charge in [-0.25, -0.2) is 4.79 Å². The molecular formula is C12H14O5. The van der Waals surface area contributed by atoms with Gasteiger partial charge in [-0.05, 0) is 5.56 Å². The van der Waals surface area contributed by atoms with Crippen molar-refractivity contribution in [2.75, 3.05) is 7.11 Å². The van der Waals surface area contributed by atoms with Gasteiger partial charge in [0.15, 0.2) is 5.60 Å². The number of carboxylic acids is 1. The van der Waals surface area contributed by atoms with Crippen molar-refractivity contribution in [3.05, 3.63) is 35.9 Å². The van der Waals surface area contributed by atoms with Gasteiger partial charge in [0.2, 0.25) is 0 Å². The fourth-order valence-corrected chi connectivity index (χ4v) is 1.46. The van der Waals surface area contributed by atoms with E-state index >= 15 is 0 Å². The second-order valence-corrected chi connectivity index (χ2v) is 3.75. The number of aliphatic carboxylic acids is 1. The summed E-state index contributed by atoms with van der Waals surface area (Å²) in [5.41, 5.74) is -1.49. The molecule has 1 rings (SSSR count). The van der Waals surface area contributed by atoms with E-state index in [1.807, 2.05) is 0 Å². The minimum Gasteiger partial charge on any atom is -0.479 e. The molecule has 0 saturated heterocycles. The Hall–Kier alpha value is -1.88. The molecule has 17 heavy (non-hydrogen) atoms. The van der Waals surface area contributed by atoms with Crippen LogP contribution in [0.5, 0.6) is 0 Å². The molecule has 0 spiro atoms. The van der Waals surface area contributed by atoms with Crippen LogP contribution >= 0.6 is 0 Å². The fraction of sp³-hybridized carbons (Fsp3) is 0.333. The first kappa shape index (κ1) is 13.2. The largest absolute Gasteiger partial charge is 0.479 e. The zero-order valence-electron chi connectivity index (χ0n) is 9.42. The summed E-state index contributed by atoms with van der Waals surface area (Å²) in [4.78, 5) is 22.1. The third kappa shape index (κ3) is 3.57. The maximum atomic E-state index is 11.1. The fourth-order valence-electron chi connectivity index (χ4n) is 1.46. The van der Waals surface area contributed by atoms with Crippen LogP contribution in [0.4, 0.5) is 0 Å². The maximum Gasteiger partial charge on any atom is 0.336 e. The number of aliphatic hydroxyl groups is 1. The number of ether oxygens (including phenoxy) is 1. The van der Waals surface area contributed by atoms with Crippen LogP contribution in [-0.2, 0) is 20.7 Å². The Morgan fingerprint density at radius 2 is 1.88 bits per heavy atom. The average Bonchev–Trinajstić information content (AvgIpc) is 2.29. The van der Waals surface area contributed by atoms with Gasteiger partial charge in [0.1, 0.15) is 0 Å². The van der Waals surface area contributed by atoms with Crippen molar-refractivity contribution in [3.63, 3.8) is 0 Å². The smallest absolute Gasteiger partial charge is 0.336 e. The molecule has 5 heteroatoms. The number of hydrogen-bond donors (Lipinski definition) is 2. The zero-order valence-corrected chi connectivity index (χ0v) is 9.42. The van der Waals surface area contributed by atoms with Gasteiger partial charge in [0, 0.05) is 6.42 Å². The van der Waals surface area contributed by atoms with Crippen molar-refractivity contribution in [2.24, 2.45) is 0 Å². The van der Waals surface area contributed by atoms with Crippen LogP contribution < -0.4 is 0 Å². The summed E-state index contributed by atoms with van der Waals surface area (Å²) < 4.78 is 4.37. The second kappa shape index (κ2) is 5.45. The quantitative estimate of drug-likeness (QED) is 0.734. The van der Waals surface area contributed by atoms with Crippen molar-refractivity contribution in [2.45, 2.75) is 18.4 Å². The standard InChI is InChI=1S/C12H14O5/c1-17-10(13)8-12(16,11(14)15)7-9-5-3-2-4-6-9/h2-6,16H,7-8H2,1H3,(H,14,15)/t12-/m1/s1. The molecule has 0 bridgehead atoms. The van der Waals surface area contributed by atoms with Crippen LogP contribution in [0.15, 0.2) is 30.3 Å². The summed E-state index contributed by atoms with van der Waals surface area (Å²) in [6, 6.07) is 8.62. The molecule has 1 aromatic carbocycles. The molecule has 92 valence electrons. The molecule has 0 saturated carbocycles. The van der Waals surface area contributed by atoms with Crippen LogP contribution in [0.25, 0.3) is 0 Å². The van der Waals surface area contributed by atoms with E-state index in [0.29, 0.717) is 5.56 Å². The van der Waals surface area contributed by atoms with E-state index in [4.69, 9.17) is 5.11 Å². The van der Waals surface area contributed by atoms with Crippen LogP contribution in [0.1, 0.15) is 12.0 Å². The third-order valence-corrected chi connectivity index (χ3v) is 2.40. The summed E-state index contributed by atoms with van der Waals surface area (Å²) in [6.45, 7) is 0. The minimum atomic E-state index is -2.13. The number of rotatable bonds is 5. The summed E-state index contributed by atoms with van der Waals surface area (Å²) in [7, 11) is 1.15. The summed E-state index contributed by atoms with van der Waals surface area (Å²) in [6.07, 6.45) is -0.716. The highest BCUT2D eigenvalue weighted by Crippen LogP contribution is 2.18. The van der Waals surface area contributed by atoms with Crippen LogP contribution in [0, 0.1) is 0 Å². The molecule has 0 fully saturated rings. The van der Waals surface area contributed by atoms with Crippen molar-refractivity contribution in [1.29, 1.82) is 0 Å².